The van der Waals surface area contributed by atoms with Gasteiger partial charge < -0.3 is 15.2 Å². The average Bonchev–Trinajstić information content (AvgIpc) is 3.63. The van der Waals surface area contributed by atoms with E-state index in [1.807, 2.05) is 47.5 Å². The number of rotatable bonds is 4. The summed E-state index contributed by atoms with van der Waals surface area (Å²) in [6.07, 6.45) is 11.5. The molecule has 8 heteroatoms. The molecule has 7 rings (SSSR count). The van der Waals surface area contributed by atoms with Crippen LogP contribution < -0.4 is 5.32 Å². The maximum absolute atomic E-state index is 13.8. The quantitative estimate of drug-likeness (QED) is 0.449. The Morgan fingerprint density at radius 2 is 1.92 bits per heavy atom. The number of nitrogens with one attached hydrogen (secondary N) is 2. The molecule has 2 aliphatic carbocycles. The number of amides is 2. The molecule has 0 bridgehead atoms. The van der Waals surface area contributed by atoms with Crippen molar-refractivity contribution in [1.82, 2.24) is 30.2 Å². The first-order valence-corrected chi connectivity index (χ1v) is 13.1. The van der Waals surface area contributed by atoms with Gasteiger partial charge in [-0.1, -0.05) is 12.5 Å². The molecule has 2 N–H and O–H groups in total. The van der Waals surface area contributed by atoms with Crippen LogP contribution in [0.2, 0.25) is 0 Å². The van der Waals surface area contributed by atoms with Crippen molar-refractivity contribution in [3.8, 4) is 11.4 Å². The van der Waals surface area contributed by atoms with Crippen LogP contribution in [0.4, 0.5) is 0 Å². The molecule has 1 saturated heterocycles. The molecule has 4 aromatic rings. The highest BCUT2D eigenvalue weighted by Gasteiger charge is 2.53. The molecular formula is C29H28N6O2. The van der Waals surface area contributed by atoms with Crippen LogP contribution in [0.15, 0.2) is 55.0 Å². The Morgan fingerprint density at radius 1 is 1.03 bits per heavy atom. The Hall–Kier alpha value is -4.07. The average molecular weight is 493 g/mol. The number of hydrogen-bond donors (Lipinski definition) is 2. The maximum atomic E-state index is 13.8. The predicted octanol–water partition coefficient (Wildman–Crippen LogP) is 3.93. The van der Waals surface area contributed by atoms with Crippen LogP contribution in [-0.2, 0) is 12.8 Å². The predicted molar refractivity (Wildman–Crippen MR) is 139 cm³/mol. The highest BCUT2D eigenvalue weighted by molar-refractivity contribution is 6.06. The summed E-state index contributed by atoms with van der Waals surface area (Å²) in [6.45, 7) is 1.28. The standard InChI is InChI=1S/C29H28N6O2/c36-27(25-19-7-3-6-18(19)15-32-25)34-24-10-4-11-29(24)16-35(17-29)28(37)21-14-23(22-9-1-2-12-30-22)33-26-20(21)8-5-13-31-26/h1-2,5,8-9,12-15,24,32H,3-4,6-7,10-11,16-17H2,(H,34,36)/t24-/m0/s1. The molecule has 2 fully saturated rings. The third-order valence-corrected chi connectivity index (χ3v) is 8.43. The van der Waals surface area contributed by atoms with Gasteiger partial charge in [0.1, 0.15) is 5.69 Å². The van der Waals surface area contributed by atoms with E-state index in [1.54, 1.807) is 12.4 Å². The summed E-state index contributed by atoms with van der Waals surface area (Å²) in [5.41, 5.74) is 5.58. The van der Waals surface area contributed by atoms with Gasteiger partial charge in [-0.3, -0.25) is 14.6 Å². The van der Waals surface area contributed by atoms with Crippen molar-refractivity contribution in [3.05, 3.63) is 77.4 Å². The summed E-state index contributed by atoms with van der Waals surface area (Å²) >= 11 is 0. The normalized spacial score (nSPS) is 19.7. The number of aromatic nitrogens is 4. The minimum atomic E-state index is -0.0635. The van der Waals surface area contributed by atoms with Crippen molar-refractivity contribution >= 4 is 22.8 Å². The van der Waals surface area contributed by atoms with E-state index in [-0.39, 0.29) is 23.3 Å². The van der Waals surface area contributed by atoms with E-state index in [1.165, 1.54) is 11.1 Å². The molecule has 0 unspecified atom stereocenters. The van der Waals surface area contributed by atoms with Gasteiger partial charge in [0.2, 0.25) is 0 Å². The summed E-state index contributed by atoms with van der Waals surface area (Å²) in [7, 11) is 0. The zero-order valence-corrected chi connectivity index (χ0v) is 20.5. The van der Waals surface area contributed by atoms with Gasteiger partial charge in [0.25, 0.3) is 11.8 Å². The van der Waals surface area contributed by atoms with E-state index in [0.717, 1.165) is 49.6 Å². The van der Waals surface area contributed by atoms with Gasteiger partial charge in [-0.2, -0.15) is 0 Å². The smallest absolute Gasteiger partial charge is 0.268 e. The number of nitrogens with zero attached hydrogens (tertiary/aromatic N) is 4. The van der Waals surface area contributed by atoms with Gasteiger partial charge in [-0.25, -0.2) is 9.97 Å². The van der Waals surface area contributed by atoms with Crippen molar-refractivity contribution in [2.75, 3.05) is 13.1 Å². The van der Waals surface area contributed by atoms with Gasteiger partial charge in [0.15, 0.2) is 5.65 Å². The van der Waals surface area contributed by atoms with Crippen LogP contribution in [0.3, 0.4) is 0 Å². The fraction of sp³-hybridized carbons (Fsp3) is 0.345. The summed E-state index contributed by atoms with van der Waals surface area (Å²) in [5, 5.41) is 4.07. The zero-order chi connectivity index (χ0) is 25.0. The number of pyridine rings is 3. The largest absolute Gasteiger partial charge is 0.357 e. The molecule has 4 aromatic heterocycles. The molecule has 2 amide bonds. The number of aromatic amines is 1. The van der Waals surface area contributed by atoms with Gasteiger partial charge in [-0.15, -0.1) is 0 Å². The first-order valence-electron chi connectivity index (χ1n) is 13.1. The van der Waals surface area contributed by atoms with Crippen LogP contribution in [0.5, 0.6) is 0 Å². The van der Waals surface area contributed by atoms with E-state index in [4.69, 9.17) is 0 Å². The van der Waals surface area contributed by atoms with Crippen molar-refractivity contribution in [2.45, 2.75) is 44.6 Å². The topological polar surface area (TPSA) is 104 Å². The third kappa shape index (κ3) is 3.62. The van der Waals surface area contributed by atoms with E-state index >= 15 is 0 Å². The molecular weight excluding hydrogens is 464 g/mol. The zero-order valence-electron chi connectivity index (χ0n) is 20.5. The summed E-state index contributed by atoms with van der Waals surface area (Å²) in [4.78, 5) is 45.5. The summed E-state index contributed by atoms with van der Waals surface area (Å²) in [6, 6.07) is 11.3. The molecule has 8 nitrogen and oxygen atoms in total. The second-order valence-electron chi connectivity index (χ2n) is 10.6. The molecule has 0 radical (unpaired) electrons. The molecule has 3 aliphatic rings. The van der Waals surface area contributed by atoms with Crippen LogP contribution in [-0.4, -0.2) is 55.8 Å². The van der Waals surface area contributed by atoms with E-state index < -0.39 is 0 Å². The first kappa shape index (κ1) is 22.2. The van der Waals surface area contributed by atoms with Crippen molar-refractivity contribution in [1.29, 1.82) is 0 Å². The number of H-pyrrole nitrogens is 1. The maximum Gasteiger partial charge on any atom is 0.268 e. The monoisotopic (exact) mass is 492 g/mol. The van der Waals surface area contributed by atoms with Crippen molar-refractivity contribution in [2.24, 2.45) is 5.41 Å². The number of fused-ring (bicyclic) bond motifs is 2. The fourth-order valence-electron chi connectivity index (χ4n) is 6.54. The summed E-state index contributed by atoms with van der Waals surface area (Å²) in [5.74, 6) is -0.0345. The van der Waals surface area contributed by atoms with E-state index in [0.29, 0.717) is 35.7 Å². The molecule has 0 aromatic carbocycles. The second-order valence-corrected chi connectivity index (χ2v) is 10.6. The number of carbonyl (C=O) groups is 2. The fourth-order valence-corrected chi connectivity index (χ4v) is 6.54. The van der Waals surface area contributed by atoms with Gasteiger partial charge >= 0.3 is 0 Å². The molecule has 1 spiro atoms. The Kier molecular flexibility index (Phi) is 5.09. The highest BCUT2D eigenvalue weighted by atomic mass is 16.2. The van der Waals surface area contributed by atoms with Gasteiger partial charge in [0.05, 0.1) is 17.0 Å². The van der Waals surface area contributed by atoms with E-state index in [9.17, 15) is 9.59 Å². The van der Waals surface area contributed by atoms with Crippen molar-refractivity contribution < 1.29 is 9.59 Å². The molecule has 1 saturated carbocycles. The Balaban J connectivity index is 1.12. The van der Waals surface area contributed by atoms with Crippen LogP contribution in [0.25, 0.3) is 22.4 Å². The first-order chi connectivity index (χ1) is 18.1. The Bertz CT molecular complexity index is 1520. The lowest BCUT2D eigenvalue weighted by atomic mass is 9.74. The number of aryl methyl sites for hydroxylation is 1. The van der Waals surface area contributed by atoms with E-state index in [2.05, 4.69) is 25.3 Å². The summed E-state index contributed by atoms with van der Waals surface area (Å²) < 4.78 is 0. The van der Waals surface area contributed by atoms with Crippen molar-refractivity contribution in [3.63, 3.8) is 0 Å². The Labute approximate surface area is 214 Å². The minimum Gasteiger partial charge on any atom is -0.357 e. The van der Waals surface area contributed by atoms with Crippen LogP contribution >= 0.6 is 0 Å². The number of hydrogen-bond acceptors (Lipinski definition) is 5. The lowest BCUT2D eigenvalue weighted by Gasteiger charge is -2.51. The third-order valence-electron chi connectivity index (χ3n) is 8.43. The molecule has 1 atom stereocenters. The van der Waals surface area contributed by atoms with Crippen LogP contribution in [0.1, 0.15) is 57.7 Å². The number of carbonyl (C=O) groups excluding carboxylic acids is 2. The lowest BCUT2D eigenvalue weighted by molar-refractivity contribution is -0.00424. The van der Waals surface area contributed by atoms with Gasteiger partial charge in [0, 0.05) is 48.5 Å². The SMILES string of the molecule is O=C(N[C@H]1CCCC12CN(C(=O)c1cc(-c3ccccn3)nc3ncccc13)C2)c1[nH]cc2c1CCC2. The molecule has 5 heterocycles. The van der Waals surface area contributed by atoms with Gasteiger partial charge in [-0.05, 0) is 73.6 Å². The molecule has 186 valence electrons. The van der Waals surface area contributed by atoms with Crippen LogP contribution in [0, 0.1) is 5.41 Å². The highest BCUT2D eigenvalue weighted by Crippen LogP contribution is 2.46. The second kappa shape index (κ2) is 8.50. The lowest BCUT2D eigenvalue weighted by Crippen LogP contribution is -2.64. The molecule has 37 heavy (non-hydrogen) atoms. The number of likely N-dealkylation sites (tertiary alicyclic amines) is 1. The Morgan fingerprint density at radius 3 is 2.78 bits per heavy atom. The minimum absolute atomic E-state index is 0.00888. The molecule has 1 aliphatic heterocycles.